The lowest BCUT2D eigenvalue weighted by atomic mass is 10.1. The van der Waals surface area contributed by atoms with Gasteiger partial charge in [0.1, 0.15) is 5.82 Å². The van der Waals surface area contributed by atoms with Gasteiger partial charge in [0.05, 0.1) is 34.2 Å². The van der Waals surface area contributed by atoms with Crippen molar-refractivity contribution in [2.75, 3.05) is 0 Å². The summed E-state index contributed by atoms with van der Waals surface area (Å²) in [5.41, 5.74) is 7.50. The summed E-state index contributed by atoms with van der Waals surface area (Å²) in [5.74, 6) is 0.911. The number of imidazole rings is 1. The van der Waals surface area contributed by atoms with Crippen molar-refractivity contribution in [1.82, 2.24) is 19.9 Å². The van der Waals surface area contributed by atoms with Gasteiger partial charge in [-0.05, 0) is 61.4 Å². The zero-order chi connectivity index (χ0) is 21.9. The minimum Gasteiger partial charge on any atom is -0.340 e. The molecule has 3 aromatic heterocycles. The molecule has 2 aromatic carbocycles. The third-order valence-corrected chi connectivity index (χ3v) is 5.51. The van der Waals surface area contributed by atoms with Gasteiger partial charge in [-0.15, -0.1) is 0 Å². The number of aryl methyl sites for hydroxylation is 3. The number of benzene rings is 2. The lowest BCUT2D eigenvalue weighted by molar-refractivity contribution is 0.885. The fourth-order valence-corrected chi connectivity index (χ4v) is 3.85. The topological polar surface area (TPSA) is 78.2 Å². The van der Waals surface area contributed by atoms with Crippen LogP contribution in [0.2, 0.25) is 0 Å². The number of rotatable bonds is 5. The van der Waals surface area contributed by atoms with Crippen LogP contribution in [0.3, 0.4) is 0 Å². The molecule has 0 radical (unpaired) electrons. The highest BCUT2D eigenvalue weighted by molar-refractivity contribution is 5.86. The molecule has 0 atom stereocenters. The molecular weight excluding hydrogens is 394 g/mol. The summed E-state index contributed by atoms with van der Waals surface area (Å²) in [7, 11) is 0. The van der Waals surface area contributed by atoms with Gasteiger partial charge in [-0.2, -0.15) is 5.26 Å². The molecule has 3 heterocycles. The summed E-state index contributed by atoms with van der Waals surface area (Å²) in [5, 5.41) is 10.1. The highest BCUT2D eigenvalue weighted by atomic mass is 15.0. The van der Waals surface area contributed by atoms with E-state index in [0.717, 1.165) is 57.9 Å². The number of nitriles is 1. The molecule has 0 aliphatic heterocycles. The van der Waals surface area contributed by atoms with Crippen LogP contribution in [0, 0.1) is 18.3 Å². The molecule has 0 aliphatic carbocycles. The Bertz CT molecular complexity index is 1440. The molecule has 1 N–H and O–H groups in total. The van der Waals surface area contributed by atoms with Crippen molar-refractivity contribution >= 4 is 10.9 Å². The van der Waals surface area contributed by atoms with E-state index in [2.05, 4.69) is 34.2 Å². The third kappa shape index (κ3) is 3.99. The summed E-state index contributed by atoms with van der Waals surface area (Å²) in [6.07, 6.45) is 3.40. The minimum absolute atomic E-state index is 0.674. The maximum Gasteiger partial charge on any atom is 0.107 e. The molecule has 5 aromatic rings. The van der Waals surface area contributed by atoms with Gasteiger partial charge in [0.15, 0.2) is 0 Å². The van der Waals surface area contributed by atoms with Crippen LogP contribution < -0.4 is 0 Å². The largest absolute Gasteiger partial charge is 0.340 e. The maximum atomic E-state index is 9.00. The fourth-order valence-electron chi connectivity index (χ4n) is 3.85. The van der Waals surface area contributed by atoms with E-state index in [-0.39, 0.29) is 0 Å². The normalized spacial score (nSPS) is 10.9. The molecule has 0 saturated carbocycles. The highest BCUT2D eigenvalue weighted by Crippen LogP contribution is 2.31. The molecule has 32 heavy (non-hydrogen) atoms. The van der Waals surface area contributed by atoms with Crippen molar-refractivity contribution in [2.24, 2.45) is 0 Å². The molecule has 0 bridgehead atoms. The summed E-state index contributed by atoms with van der Waals surface area (Å²) >= 11 is 0. The van der Waals surface area contributed by atoms with Crippen molar-refractivity contribution in [3.63, 3.8) is 0 Å². The van der Waals surface area contributed by atoms with E-state index < -0.39 is 0 Å². The second kappa shape index (κ2) is 8.44. The molecule has 0 spiro atoms. The van der Waals surface area contributed by atoms with Crippen LogP contribution in [-0.2, 0) is 12.8 Å². The number of nitrogens with one attached hydrogen (secondary N) is 1. The van der Waals surface area contributed by atoms with E-state index in [4.69, 9.17) is 15.2 Å². The van der Waals surface area contributed by atoms with Crippen LogP contribution in [0.5, 0.6) is 0 Å². The Morgan fingerprint density at radius 2 is 1.78 bits per heavy atom. The van der Waals surface area contributed by atoms with Crippen LogP contribution in [0.25, 0.3) is 33.5 Å². The van der Waals surface area contributed by atoms with Crippen LogP contribution in [-0.4, -0.2) is 19.9 Å². The molecule has 5 heteroatoms. The van der Waals surface area contributed by atoms with E-state index in [9.17, 15) is 0 Å². The molecular formula is C27H21N5. The lowest BCUT2D eigenvalue weighted by Gasteiger charge is -2.05. The average molecular weight is 416 g/mol. The first-order valence-corrected chi connectivity index (χ1v) is 10.6. The summed E-state index contributed by atoms with van der Waals surface area (Å²) in [6, 6.07) is 26.1. The van der Waals surface area contributed by atoms with E-state index in [1.54, 1.807) is 6.20 Å². The SMILES string of the molecule is Cc1cccc(-c2[nH]c(CCc3ccc(C#N)cc3)nc2-c2ccc3ncccc3c2)n1. The first-order chi connectivity index (χ1) is 15.7. The standard InChI is InChI=1S/C27H21N5/c1-18-4-2-6-24(30-18)27-26(22-12-13-23-21(16-22)5-3-15-29-23)31-25(32-27)14-11-19-7-9-20(17-28)10-8-19/h2-10,12-13,15-16H,11,14H2,1H3,(H,31,32). The van der Waals surface area contributed by atoms with Crippen LogP contribution in [0.4, 0.5) is 0 Å². The van der Waals surface area contributed by atoms with Crippen molar-refractivity contribution in [3.05, 3.63) is 102 Å². The predicted molar refractivity (Wildman–Crippen MR) is 126 cm³/mol. The number of aromatic amines is 1. The van der Waals surface area contributed by atoms with E-state index in [1.807, 2.05) is 61.5 Å². The smallest absolute Gasteiger partial charge is 0.107 e. The van der Waals surface area contributed by atoms with E-state index >= 15 is 0 Å². The van der Waals surface area contributed by atoms with Gasteiger partial charge in [-0.1, -0.05) is 30.3 Å². The van der Waals surface area contributed by atoms with Crippen LogP contribution >= 0.6 is 0 Å². The molecule has 0 saturated heterocycles. The average Bonchev–Trinajstić information content (AvgIpc) is 3.27. The quantitative estimate of drug-likeness (QED) is 0.402. The van der Waals surface area contributed by atoms with Gasteiger partial charge in [0.2, 0.25) is 0 Å². The Kier molecular flexibility index (Phi) is 5.19. The zero-order valence-corrected chi connectivity index (χ0v) is 17.7. The Hall–Kier alpha value is -4.30. The molecule has 5 nitrogen and oxygen atoms in total. The molecule has 0 amide bonds. The first kappa shape index (κ1) is 19.7. The predicted octanol–water partition coefficient (Wildman–Crippen LogP) is 5.65. The second-order valence-electron chi connectivity index (χ2n) is 7.79. The maximum absolute atomic E-state index is 9.00. The van der Waals surface area contributed by atoms with Crippen molar-refractivity contribution in [1.29, 1.82) is 5.26 Å². The van der Waals surface area contributed by atoms with Crippen LogP contribution in [0.1, 0.15) is 22.6 Å². The Labute approximate surface area is 186 Å². The Morgan fingerprint density at radius 3 is 2.59 bits per heavy atom. The first-order valence-electron chi connectivity index (χ1n) is 10.6. The van der Waals surface area contributed by atoms with Gasteiger partial charge < -0.3 is 4.98 Å². The molecule has 5 rings (SSSR count). The van der Waals surface area contributed by atoms with Gasteiger partial charge in [-0.25, -0.2) is 4.98 Å². The summed E-state index contributed by atoms with van der Waals surface area (Å²) in [6.45, 7) is 1.99. The number of pyridine rings is 2. The molecule has 0 unspecified atom stereocenters. The van der Waals surface area contributed by atoms with Gasteiger partial charge in [0.25, 0.3) is 0 Å². The summed E-state index contributed by atoms with van der Waals surface area (Å²) in [4.78, 5) is 17.7. The lowest BCUT2D eigenvalue weighted by Crippen LogP contribution is -1.94. The Balaban J connectivity index is 1.53. The highest BCUT2D eigenvalue weighted by Gasteiger charge is 2.16. The van der Waals surface area contributed by atoms with E-state index in [1.165, 1.54) is 5.56 Å². The molecule has 0 aliphatic rings. The van der Waals surface area contributed by atoms with Gasteiger partial charge >= 0.3 is 0 Å². The van der Waals surface area contributed by atoms with Crippen molar-refractivity contribution < 1.29 is 0 Å². The number of hydrogen-bond donors (Lipinski definition) is 1. The van der Waals surface area contributed by atoms with Crippen molar-refractivity contribution in [3.8, 4) is 28.7 Å². The third-order valence-electron chi connectivity index (χ3n) is 5.51. The minimum atomic E-state index is 0.674. The zero-order valence-electron chi connectivity index (χ0n) is 17.7. The number of fused-ring (bicyclic) bond motifs is 1. The number of H-pyrrole nitrogens is 1. The number of hydrogen-bond acceptors (Lipinski definition) is 4. The van der Waals surface area contributed by atoms with E-state index in [0.29, 0.717) is 5.56 Å². The molecule has 154 valence electrons. The Morgan fingerprint density at radius 1 is 0.906 bits per heavy atom. The molecule has 0 fully saturated rings. The number of aromatic nitrogens is 4. The fraction of sp³-hybridized carbons (Fsp3) is 0.111. The van der Waals surface area contributed by atoms with Crippen LogP contribution in [0.15, 0.2) is 79.0 Å². The monoisotopic (exact) mass is 415 g/mol. The second-order valence-corrected chi connectivity index (χ2v) is 7.79. The van der Waals surface area contributed by atoms with Crippen molar-refractivity contribution in [2.45, 2.75) is 19.8 Å². The van der Waals surface area contributed by atoms with Gasteiger partial charge in [0, 0.05) is 29.3 Å². The number of nitrogens with zero attached hydrogens (tertiary/aromatic N) is 4. The summed E-state index contributed by atoms with van der Waals surface area (Å²) < 4.78 is 0. The van der Waals surface area contributed by atoms with Gasteiger partial charge in [-0.3, -0.25) is 9.97 Å².